The first-order valence-corrected chi connectivity index (χ1v) is 9.07. The van der Waals surface area contributed by atoms with Gasteiger partial charge in [-0.25, -0.2) is 13.1 Å². The highest BCUT2D eigenvalue weighted by molar-refractivity contribution is 7.90. The van der Waals surface area contributed by atoms with Gasteiger partial charge in [-0.05, 0) is 23.8 Å². The molecule has 0 aliphatic carbocycles. The summed E-state index contributed by atoms with van der Waals surface area (Å²) in [6, 6.07) is 13.8. The molecule has 0 fully saturated rings. The molecule has 124 valence electrons. The van der Waals surface area contributed by atoms with E-state index in [1.807, 2.05) is 12.1 Å². The number of hydrogen-bond donors (Lipinski definition) is 1. The number of amides is 1. The minimum absolute atomic E-state index is 0.0405. The summed E-state index contributed by atoms with van der Waals surface area (Å²) in [5.74, 6) is -0.592. The summed E-state index contributed by atoms with van der Waals surface area (Å²) < 4.78 is 28.9. The van der Waals surface area contributed by atoms with Crippen LogP contribution in [-0.2, 0) is 28.3 Å². The molecule has 0 radical (unpaired) electrons. The Balaban J connectivity index is 1.85. The molecule has 0 aliphatic heterocycles. The van der Waals surface area contributed by atoms with Crippen molar-refractivity contribution in [1.82, 2.24) is 9.29 Å². The lowest BCUT2D eigenvalue weighted by atomic mass is 10.1. The number of hydrogen-bond acceptors (Lipinski definition) is 3. The fourth-order valence-corrected chi connectivity index (χ4v) is 3.91. The molecule has 1 N–H and O–H groups in total. The lowest BCUT2D eigenvalue weighted by Crippen LogP contribution is -2.31. The molecule has 1 amide bonds. The predicted octanol–water partition coefficient (Wildman–Crippen LogP) is 2.88. The van der Waals surface area contributed by atoms with Crippen LogP contribution >= 0.6 is 11.6 Å². The lowest BCUT2D eigenvalue weighted by Gasteiger charge is -2.06. The molecule has 1 aromatic heterocycles. The number of benzene rings is 2. The zero-order valence-corrected chi connectivity index (χ0v) is 14.4. The van der Waals surface area contributed by atoms with Gasteiger partial charge in [-0.2, -0.15) is 0 Å². The summed E-state index contributed by atoms with van der Waals surface area (Å²) in [6.45, 7) is 0. The number of para-hydroxylation sites is 1. The number of carbonyl (C=O) groups excluding carboxylic acids is 1. The summed E-state index contributed by atoms with van der Waals surface area (Å²) in [5.41, 5.74) is 1.47. The highest BCUT2D eigenvalue weighted by Gasteiger charge is 2.22. The molecular formula is C17H15ClN2O3S. The van der Waals surface area contributed by atoms with Gasteiger partial charge in [0.25, 0.3) is 10.0 Å². The number of nitrogens with one attached hydrogen (secondary N) is 1. The number of aryl methyl sites for hydroxylation is 1. The number of fused-ring (bicyclic) bond motifs is 1. The van der Waals surface area contributed by atoms with Crippen LogP contribution in [0, 0.1) is 0 Å². The Kier molecular flexibility index (Phi) is 4.34. The van der Waals surface area contributed by atoms with Gasteiger partial charge in [0.1, 0.15) is 4.90 Å². The van der Waals surface area contributed by atoms with Gasteiger partial charge in [0, 0.05) is 29.2 Å². The molecule has 2 aromatic carbocycles. The van der Waals surface area contributed by atoms with Gasteiger partial charge in [-0.15, -0.1) is 0 Å². The van der Waals surface area contributed by atoms with Crippen molar-refractivity contribution in [2.24, 2.45) is 7.05 Å². The first kappa shape index (κ1) is 16.5. The molecule has 3 aromatic rings. The second-order valence-electron chi connectivity index (χ2n) is 5.45. The maximum atomic E-state index is 12.5. The van der Waals surface area contributed by atoms with Crippen LogP contribution < -0.4 is 4.72 Å². The molecule has 5 nitrogen and oxygen atoms in total. The summed E-state index contributed by atoms with van der Waals surface area (Å²) >= 11 is 5.79. The van der Waals surface area contributed by atoms with Crippen LogP contribution in [0.3, 0.4) is 0 Å². The molecule has 0 saturated carbocycles. The van der Waals surface area contributed by atoms with E-state index in [2.05, 4.69) is 4.72 Å². The van der Waals surface area contributed by atoms with Crippen molar-refractivity contribution in [2.45, 2.75) is 11.3 Å². The second-order valence-corrected chi connectivity index (χ2v) is 7.54. The standard InChI is InChI=1S/C17H15ClN2O3S/c1-20-11-16(14-4-2-3-5-15(14)20)24(22,23)19-17(21)10-12-6-8-13(18)9-7-12/h2-9,11H,10H2,1H3,(H,19,21). The molecule has 3 rings (SSSR count). The number of rotatable bonds is 4. The molecule has 1 heterocycles. The van der Waals surface area contributed by atoms with Crippen molar-refractivity contribution >= 4 is 38.4 Å². The van der Waals surface area contributed by atoms with Crippen LogP contribution in [-0.4, -0.2) is 18.9 Å². The highest BCUT2D eigenvalue weighted by atomic mass is 35.5. The van der Waals surface area contributed by atoms with Crippen LogP contribution in [0.2, 0.25) is 5.02 Å². The summed E-state index contributed by atoms with van der Waals surface area (Å²) in [5, 5.41) is 1.13. The number of carbonyl (C=O) groups is 1. The average molecular weight is 363 g/mol. The minimum Gasteiger partial charge on any atom is -0.349 e. The van der Waals surface area contributed by atoms with E-state index in [0.717, 1.165) is 5.52 Å². The van der Waals surface area contributed by atoms with Gasteiger partial charge in [-0.1, -0.05) is 41.9 Å². The fourth-order valence-electron chi connectivity index (χ4n) is 2.55. The third-order valence-electron chi connectivity index (χ3n) is 3.68. The van der Waals surface area contributed by atoms with E-state index >= 15 is 0 Å². The van der Waals surface area contributed by atoms with Gasteiger partial charge >= 0.3 is 0 Å². The van der Waals surface area contributed by atoms with Crippen LogP contribution in [0.1, 0.15) is 5.56 Å². The van der Waals surface area contributed by atoms with E-state index in [-0.39, 0.29) is 11.3 Å². The Hall–Kier alpha value is -2.31. The third-order valence-corrected chi connectivity index (χ3v) is 5.33. The number of halogens is 1. The van der Waals surface area contributed by atoms with E-state index in [1.165, 1.54) is 6.20 Å². The van der Waals surface area contributed by atoms with Gasteiger partial charge in [0.2, 0.25) is 5.91 Å². The highest BCUT2D eigenvalue weighted by Crippen LogP contribution is 2.24. The van der Waals surface area contributed by atoms with Crippen LogP contribution in [0.25, 0.3) is 10.9 Å². The van der Waals surface area contributed by atoms with Crippen molar-refractivity contribution in [3.8, 4) is 0 Å². The second kappa shape index (κ2) is 6.30. The molecule has 0 spiro atoms. The minimum atomic E-state index is -3.94. The van der Waals surface area contributed by atoms with Crippen molar-refractivity contribution in [1.29, 1.82) is 0 Å². The van der Waals surface area contributed by atoms with Crippen molar-refractivity contribution in [3.05, 3.63) is 65.3 Å². The Morgan fingerprint density at radius 3 is 2.50 bits per heavy atom. The quantitative estimate of drug-likeness (QED) is 0.776. The number of sulfonamides is 1. The zero-order chi connectivity index (χ0) is 17.3. The van der Waals surface area contributed by atoms with Crippen molar-refractivity contribution < 1.29 is 13.2 Å². The first-order valence-electron chi connectivity index (χ1n) is 7.21. The number of nitrogens with zero attached hydrogens (tertiary/aromatic N) is 1. The smallest absolute Gasteiger partial charge is 0.266 e. The van der Waals surface area contributed by atoms with E-state index in [1.54, 1.807) is 48.0 Å². The van der Waals surface area contributed by atoms with Crippen LogP contribution in [0.4, 0.5) is 0 Å². The van der Waals surface area contributed by atoms with Crippen molar-refractivity contribution in [3.63, 3.8) is 0 Å². The SMILES string of the molecule is Cn1cc(S(=O)(=O)NC(=O)Cc2ccc(Cl)cc2)c2ccccc21. The van der Waals surface area contributed by atoms with Gasteiger partial charge in [-0.3, -0.25) is 4.79 Å². The maximum Gasteiger partial charge on any atom is 0.266 e. The maximum absolute atomic E-state index is 12.5. The lowest BCUT2D eigenvalue weighted by molar-refractivity contribution is -0.118. The summed E-state index contributed by atoms with van der Waals surface area (Å²) in [7, 11) is -2.18. The Labute approximate surface area is 144 Å². The zero-order valence-electron chi connectivity index (χ0n) is 12.9. The van der Waals surface area contributed by atoms with E-state index in [0.29, 0.717) is 16.0 Å². The van der Waals surface area contributed by atoms with Gasteiger partial charge in [0.05, 0.1) is 6.42 Å². The fraction of sp³-hybridized carbons (Fsp3) is 0.118. The number of aromatic nitrogens is 1. The van der Waals surface area contributed by atoms with Gasteiger partial charge < -0.3 is 4.57 Å². The average Bonchev–Trinajstić information content (AvgIpc) is 2.88. The molecule has 0 bridgehead atoms. The predicted molar refractivity (Wildman–Crippen MR) is 93.4 cm³/mol. The normalized spacial score (nSPS) is 11.6. The van der Waals surface area contributed by atoms with Crippen LogP contribution in [0.15, 0.2) is 59.6 Å². The topological polar surface area (TPSA) is 68.2 Å². The summed E-state index contributed by atoms with van der Waals surface area (Å²) in [6.07, 6.45) is 1.46. The molecule has 7 heteroatoms. The van der Waals surface area contributed by atoms with Crippen LogP contribution in [0.5, 0.6) is 0 Å². The third kappa shape index (κ3) is 3.29. The largest absolute Gasteiger partial charge is 0.349 e. The Bertz CT molecular complexity index is 1010. The molecular weight excluding hydrogens is 348 g/mol. The Morgan fingerprint density at radius 2 is 1.79 bits per heavy atom. The molecule has 0 unspecified atom stereocenters. The first-order chi connectivity index (χ1) is 11.4. The van der Waals surface area contributed by atoms with E-state index in [9.17, 15) is 13.2 Å². The monoisotopic (exact) mass is 362 g/mol. The molecule has 0 atom stereocenters. The van der Waals surface area contributed by atoms with E-state index < -0.39 is 15.9 Å². The Morgan fingerprint density at radius 1 is 1.12 bits per heavy atom. The molecule has 0 saturated heterocycles. The van der Waals surface area contributed by atoms with Gasteiger partial charge in [0.15, 0.2) is 0 Å². The molecule has 24 heavy (non-hydrogen) atoms. The molecule has 0 aliphatic rings. The summed E-state index contributed by atoms with van der Waals surface area (Å²) in [4.78, 5) is 12.2. The van der Waals surface area contributed by atoms with Crippen molar-refractivity contribution in [2.75, 3.05) is 0 Å². The van der Waals surface area contributed by atoms with E-state index in [4.69, 9.17) is 11.6 Å².